The molecule has 0 aliphatic carbocycles. The fraction of sp³-hybridized carbons (Fsp3) is 1.00. The van der Waals surface area contributed by atoms with Crippen molar-refractivity contribution < 1.29 is 14.9 Å². The highest BCUT2D eigenvalue weighted by Crippen LogP contribution is 2.27. The van der Waals surface area contributed by atoms with Gasteiger partial charge in [-0.05, 0) is 21.1 Å². The van der Waals surface area contributed by atoms with Crippen LogP contribution in [0.25, 0.3) is 0 Å². The number of hydrogen-bond donors (Lipinski definition) is 2. The van der Waals surface area contributed by atoms with Crippen molar-refractivity contribution >= 4 is 37.2 Å². The zero-order valence-corrected chi connectivity index (χ0v) is 15.9. The van der Waals surface area contributed by atoms with Crippen molar-refractivity contribution in [1.29, 1.82) is 0 Å². The van der Waals surface area contributed by atoms with Crippen molar-refractivity contribution in [2.75, 3.05) is 60.5 Å². The molecule has 2 rings (SSSR count). The van der Waals surface area contributed by atoms with E-state index in [1.54, 1.807) is 0 Å². The maximum Gasteiger partial charge on any atom is 0.109 e. The largest absolute Gasteiger partial charge is 0.394 e. The summed E-state index contributed by atoms with van der Waals surface area (Å²) < 4.78 is 5.83. The molecule has 0 radical (unpaired) electrons. The number of ether oxygens (including phenoxy) is 1. The van der Waals surface area contributed by atoms with E-state index in [1.165, 1.54) is 0 Å². The minimum atomic E-state index is -0.599. The molecular formula is C13H30Cl3N3O3. The van der Waals surface area contributed by atoms with Crippen molar-refractivity contribution in [3.8, 4) is 0 Å². The Labute approximate surface area is 152 Å². The quantitative estimate of drug-likeness (QED) is 0.687. The van der Waals surface area contributed by atoms with Crippen molar-refractivity contribution in [1.82, 2.24) is 14.7 Å². The number of aliphatic hydroxyl groups is 2. The summed E-state index contributed by atoms with van der Waals surface area (Å²) in [7, 11) is 6.12. The Bertz CT molecular complexity index is 295. The number of hydrogen-bond acceptors (Lipinski definition) is 6. The molecule has 2 aliphatic heterocycles. The van der Waals surface area contributed by atoms with Gasteiger partial charge in [-0.3, -0.25) is 4.90 Å². The molecule has 2 fully saturated rings. The fourth-order valence-corrected chi connectivity index (χ4v) is 3.06. The van der Waals surface area contributed by atoms with Gasteiger partial charge in [0.25, 0.3) is 0 Å². The normalized spacial score (nSPS) is 33.0. The summed E-state index contributed by atoms with van der Waals surface area (Å²) in [5.74, 6) is 0. The Morgan fingerprint density at radius 1 is 1.05 bits per heavy atom. The van der Waals surface area contributed by atoms with Crippen LogP contribution in [0.1, 0.15) is 0 Å². The number of likely N-dealkylation sites (N-methyl/N-ethyl adjacent to an activating group) is 2. The summed E-state index contributed by atoms with van der Waals surface area (Å²) >= 11 is 0. The summed E-state index contributed by atoms with van der Waals surface area (Å²) in [6.07, 6.45) is -1.08. The van der Waals surface area contributed by atoms with E-state index in [0.717, 1.165) is 32.7 Å². The fourth-order valence-electron chi connectivity index (χ4n) is 3.06. The van der Waals surface area contributed by atoms with E-state index in [2.05, 4.69) is 21.7 Å². The topological polar surface area (TPSA) is 59.4 Å². The molecule has 2 N–H and O–H groups in total. The van der Waals surface area contributed by atoms with E-state index in [9.17, 15) is 10.2 Å². The number of piperazine rings is 1. The third kappa shape index (κ3) is 5.92. The van der Waals surface area contributed by atoms with Crippen molar-refractivity contribution in [3.05, 3.63) is 0 Å². The van der Waals surface area contributed by atoms with Crippen LogP contribution in [0.2, 0.25) is 0 Å². The highest BCUT2D eigenvalue weighted by molar-refractivity contribution is 5.86. The summed E-state index contributed by atoms with van der Waals surface area (Å²) in [5.41, 5.74) is 0. The number of rotatable bonds is 4. The lowest BCUT2D eigenvalue weighted by molar-refractivity contribution is -0.0276. The minimum absolute atomic E-state index is 0. The third-order valence-electron chi connectivity index (χ3n) is 4.15. The van der Waals surface area contributed by atoms with Gasteiger partial charge in [0.2, 0.25) is 0 Å². The van der Waals surface area contributed by atoms with Crippen LogP contribution in [0.3, 0.4) is 0 Å². The minimum Gasteiger partial charge on any atom is -0.394 e. The lowest BCUT2D eigenvalue weighted by Crippen LogP contribution is -2.56. The van der Waals surface area contributed by atoms with Crippen molar-refractivity contribution in [3.63, 3.8) is 0 Å². The van der Waals surface area contributed by atoms with Crippen LogP contribution in [-0.4, -0.2) is 110 Å². The first-order valence-electron chi connectivity index (χ1n) is 7.04. The van der Waals surface area contributed by atoms with Gasteiger partial charge >= 0.3 is 0 Å². The second-order valence-electron chi connectivity index (χ2n) is 5.98. The van der Waals surface area contributed by atoms with Crippen LogP contribution in [0.15, 0.2) is 0 Å². The molecule has 0 unspecified atom stereocenters. The lowest BCUT2D eigenvalue weighted by atomic mass is 10.0. The first-order valence-corrected chi connectivity index (χ1v) is 7.04. The van der Waals surface area contributed by atoms with Crippen LogP contribution in [0.5, 0.6) is 0 Å². The van der Waals surface area contributed by atoms with Gasteiger partial charge in [-0.25, -0.2) is 0 Å². The zero-order chi connectivity index (χ0) is 14.0. The average molecular weight is 383 g/mol. The summed E-state index contributed by atoms with van der Waals surface area (Å²) in [5, 5.41) is 19.7. The molecule has 0 aromatic heterocycles. The molecule has 2 saturated heterocycles. The Kier molecular flexibility index (Phi) is 12.7. The van der Waals surface area contributed by atoms with Gasteiger partial charge in [0.05, 0.1) is 18.8 Å². The van der Waals surface area contributed by atoms with Crippen molar-refractivity contribution in [2.24, 2.45) is 0 Å². The van der Waals surface area contributed by atoms with E-state index in [-0.39, 0.29) is 56.0 Å². The molecule has 0 amide bonds. The van der Waals surface area contributed by atoms with Crippen LogP contribution in [0.4, 0.5) is 0 Å². The van der Waals surface area contributed by atoms with Gasteiger partial charge in [0.1, 0.15) is 12.2 Å². The average Bonchev–Trinajstić information content (AvgIpc) is 2.66. The van der Waals surface area contributed by atoms with E-state index >= 15 is 0 Å². The van der Waals surface area contributed by atoms with Crippen molar-refractivity contribution in [2.45, 2.75) is 24.4 Å². The van der Waals surface area contributed by atoms with Gasteiger partial charge in [-0.2, -0.15) is 0 Å². The molecule has 4 atom stereocenters. The van der Waals surface area contributed by atoms with E-state index in [0.29, 0.717) is 0 Å². The Morgan fingerprint density at radius 2 is 1.59 bits per heavy atom. The molecular weight excluding hydrogens is 353 g/mol. The predicted octanol–water partition coefficient (Wildman–Crippen LogP) is -0.450. The Balaban J connectivity index is 0. The molecule has 6 nitrogen and oxygen atoms in total. The highest BCUT2D eigenvalue weighted by Gasteiger charge is 2.46. The number of halogens is 3. The van der Waals surface area contributed by atoms with Gasteiger partial charge in [0.15, 0.2) is 0 Å². The lowest BCUT2D eigenvalue weighted by Gasteiger charge is -2.39. The molecule has 2 aliphatic rings. The van der Waals surface area contributed by atoms with Crippen LogP contribution in [-0.2, 0) is 4.74 Å². The van der Waals surface area contributed by atoms with E-state index < -0.39 is 12.2 Å². The zero-order valence-electron chi connectivity index (χ0n) is 13.4. The summed E-state index contributed by atoms with van der Waals surface area (Å²) in [6, 6.07) is -0.00625. The standard InChI is InChI=1S/C13H27N3O3.3ClH/c1-14(2)8-10-12(13(18)11(9-17)19-10)16-6-4-15(3)5-7-16;;;/h10-13,17-18H,4-9H2,1-3H3;3*1H/t10-,11+,12+,13-;;;/m1.../s1. The smallest absolute Gasteiger partial charge is 0.109 e. The van der Waals surface area contributed by atoms with E-state index in [1.807, 2.05) is 14.1 Å². The van der Waals surface area contributed by atoms with Gasteiger partial charge in [-0.15, -0.1) is 37.2 Å². The van der Waals surface area contributed by atoms with Crippen LogP contribution in [0, 0.1) is 0 Å². The Morgan fingerprint density at radius 3 is 2.05 bits per heavy atom. The first kappa shape index (κ1) is 24.9. The van der Waals surface area contributed by atoms with E-state index in [4.69, 9.17) is 4.74 Å². The molecule has 0 aromatic rings. The molecule has 2 heterocycles. The molecule has 0 spiro atoms. The van der Waals surface area contributed by atoms with Gasteiger partial charge < -0.3 is 24.7 Å². The molecule has 0 aromatic carbocycles. The maximum absolute atomic E-state index is 10.4. The second-order valence-corrected chi connectivity index (χ2v) is 5.98. The number of aliphatic hydroxyl groups excluding tert-OH is 2. The Hall–Kier alpha value is 0.630. The molecule has 136 valence electrons. The summed E-state index contributed by atoms with van der Waals surface area (Å²) in [4.78, 5) is 6.68. The molecule has 9 heteroatoms. The van der Waals surface area contributed by atoms with Crippen LogP contribution < -0.4 is 0 Å². The van der Waals surface area contributed by atoms with Gasteiger partial charge in [-0.1, -0.05) is 0 Å². The number of nitrogens with zero attached hydrogens (tertiary/aromatic N) is 3. The second kappa shape index (κ2) is 11.2. The van der Waals surface area contributed by atoms with Gasteiger partial charge in [0, 0.05) is 32.7 Å². The monoisotopic (exact) mass is 381 g/mol. The predicted molar refractivity (Wildman–Crippen MR) is 94.9 cm³/mol. The molecule has 0 bridgehead atoms. The molecule has 0 saturated carbocycles. The summed E-state index contributed by atoms with van der Waals surface area (Å²) in [6.45, 7) is 4.58. The highest BCUT2D eigenvalue weighted by atomic mass is 35.5. The maximum atomic E-state index is 10.4. The third-order valence-corrected chi connectivity index (χ3v) is 4.15. The first-order chi connectivity index (χ1) is 9.02. The van der Waals surface area contributed by atoms with Crippen LogP contribution >= 0.6 is 37.2 Å². The SMILES string of the molecule is CN(C)C[C@H]1O[C@@H](CO)[C@@H](O)[C@H]1N1CCN(C)CC1.Cl.Cl.Cl. The molecule has 22 heavy (non-hydrogen) atoms.